The van der Waals surface area contributed by atoms with Gasteiger partial charge in [-0.15, -0.1) is 0 Å². The molecule has 0 bridgehead atoms. The van der Waals surface area contributed by atoms with Crippen molar-refractivity contribution in [2.45, 2.75) is 39.8 Å². The fourth-order valence-electron chi connectivity index (χ4n) is 2.75. The van der Waals surface area contributed by atoms with Gasteiger partial charge in [0.1, 0.15) is 0 Å². The van der Waals surface area contributed by atoms with E-state index in [4.69, 9.17) is 0 Å². The van der Waals surface area contributed by atoms with Crippen LogP contribution in [0.1, 0.15) is 49.7 Å². The third-order valence-corrected chi connectivity index (χ3v) is 4.18. The molecule has 2 aromatic rings. The predicted octanol–water partition coefficient (Wildman–Crippen LogP) is 4.20. The molecule has 1 amide bonds. The Hall–Kier alpha value is -2.46. The van der Waals surface area contributed by atoms with Gasteiger partial charge in [-0.25, -0.2) is 0 Å². The summed E-state index contributed by atoms with van der Waals surface area (Å²) >= 11 is 0. The van der Waals surface area contributed by atoms with Gasteiger partial charge in [-0.1, -0.05) is 56.3 Å². The van der Waals surface area contributed by atoms with E-state index in [9.17, 15) is 9.59 Å². The van der Waals surface area contributed by atoms with Gasteiger partial charge in [0, 0.05) is 17.3 Å². The first-order chi connectivity index (χ1) is 11.9. The number of Topliss-reactive ketones (excluding diaryl/α,β-unsaturated/α-hetero) is 1. The van der Waals surface area contributed by atoms with Crippen LogP contribution in [0.2, 0.25) is 0 Å². The van der Waals surface area contributed by atoms with Crippen molar-refractivity contribution >= 4 is 17.4 Å². The molecule has 132 valence electrons. The second kappa shape index (κ2) is 8.58. The summed E-state index contributed by atoms with van der Waals surface area (Å²) < 4.78 is 0. The summed E-state index contributed by atoms with van der Waals surface area (Å²) in [6.07, 6.45) is 0. The van der Waals surface area contributed by atoms with Crippen molar-refractivity contribution in [2.24, 2.45) is 5.92 Å². The number of hydrogen-bond donors (Lipinski definition) is 2. The minimum absolute atomic E-state index is 0.0220. The summed E-state index contributed by atoms with van der Waals surface area (Å²) in [5, 5.41) is 6.29. The highest BCUT2D eigenvalue weighted by atomic mass is 16.2. The molecule has 2 rings (SSSR count). The molecule has 0 aliphatic heterocycles. The van der Waals surface area contributed by atoms with Crippen molar-refractivity contribution < 1.29 is 9.59 Å². The molecular weight excluding hydrogens is 312 g/mol. The van der Waals surface area contributed by atoms with E-state index in [0.29, 0.717) is 17.2 Å². The van der Waals surface area contributed by atoms with Crippen molar-refractivity contribution in [3.63, 3.8) is 0 Å². The van der Waals surface area contributed by atoms with Crippen LogP contribution in [-0.4, -0.2) is 17.7 Å². The van der Waals surface area contributed by atoms with Crippen LogP contribution in [-0.2, 0) is 4.79 Å². The summed E-state index contributed by atoms with van der Waals surface area (Å²) in [5.74, 6) is 0.201. The molecular formula is C21H26N2O2. The van der Waals surface area contributed by atoms with Crippen molar-refractivity contribution in [3.8, 4) is 0 Å². The summed E-state index contributed by atoms with van der Waals surface area (Å²) in [4.78, 5) is 24.0. The van der Waals surface area contributed by atoms with E-state index in [0.717, 1.165) is 5.56 Å². The number of carbonyl (C=O) groups is 2. The Morgan fingerprint density at radius 3 is 2.20 bits per heavy atom. The largest absolute Gasteiger partial charge is 0.325 e. The summed E-state index contributed by atoms with van der Waals surface area (Å²) in [6.45, 7) is 7.62. The highest BCUT2D eigenvalue weighted by Crippen LogP contribution is 2.22. The zero-order valence-electron chi connectivity index (χ0n) is 15.2. The SMILES string of the molecule is CC(=O)c1cccc(NC(=O)[C@@H](C)N[C@@H](c2ccccc2)C(C)C)c1. The number of anilines is 1. The molecule has 25 heavy (non-hydrogen) atoms. The Labute approximate surface area is 149 Å². The minimum Gasteiger partial charge on any atom is -0.325 e. The van der Waals surface area contributed by atoms with Crippen LogP contribution in [0.15, 0.2) is 54.6 Å². The molecule has 0 aliphatic carbocycles. The molecule has 4 heteroatoms. The third kappa shape index (κ3) is 5.26. The van der Waals surface area contributed by atoms with Gasteiger partial charge < -0.3 is 5.32 Å². The van der Waals surface area contributed by atoms with E-state index in [2.05, 4.69) is 36.6 Å². The lowest BCUT2D eigenvalue weighted by atomic mass is 9.95. The smallest absolute Gasteiger partial charge is 0.241 e. The number of amides is 1. The van der Waals surface area contributed by atoms with Gasteiger partial charge in [0.15, 0.2) is 5.78 Å². The van der Waals surface area contributed by atoms with Crippen molar-refractivity contribution in [1.29, 1.82) is 0 Å². The molecule has 0 fully saturated rings. The molecule has 0 saturated heterocycles. The topological polar surface area (TPSA) is 58.2 Å². The summed E-state index contributed by atoms with van der Waals surface area (Å²) in [5.41, 5.74) is 2.38. The lowest BCUT2D eigenvalue weighted by Gasteiger charge is -2.26. The quantitative estimate of drug-likeness (QED) is 0.744. The molecule has 0 radical (unpaired) electrons. The standard InChI is InChI=1S/C21H26N2O2/c1-14(2)20(17-9-6-5-7-10-17)22-15(3)21(25)23-19-12-8-11-18(13-19)16(4)24/h5-15,20,22H,1-4H3,(H,23,25)/t15-,20-/m1/s1. The zero-order valence-corrected chi connectivity index (χ0v) is 15.2. The predicted molar refractivity (Wildman–Crippen MR) is 102 cm³/mol. The molecule has 2 N–H and O–H groups in total. The van der Waals surface area contributed by atoms with Gasteiger partial charge in [0.2, 0.25) is 5.91 Å². The van der Waals surface area contributed by atoms with Crippen molar-refractivity contribution in [3.05, 3.63) is 65.7 Å². The second-order valence-corrected chi connectivity index (χ2v) is 6.65. The van der Waals surface area contributed by atoms with Crippen LogP contribution >= 0.6 is 0 Å². The molecule has 0 aromatic heterocycles. The maximum Gasteiger partial charge on any atom is 0.241 e. The highest BCUT2D eigenvalue weighted by molar-refractivity contribution is 5.98. The van der Waals surface area contributed by atoms with Crippen molar-refractivity contribution in [1.82, 2.24) is 5.32 Å². The molecule has 0 saturated carbocycles. The Balaban J connectivity index is 2.06. The van der Waals surface area contributed by atoms with Gasteiger partial charge in [0.05, 0.1) is 6.04 Å². The van der Waals surface area contributed by atoms with Gasteiger partial charge >= 0.3 is 0 Å². The molecule has 0 unspecified atom stereocenters. The molecule has 0 aliphatic rings. The van der Waals surface area contributed by atoms with E-state index >= 15 is 0 Å². The van der Waals surface area contributed by atoms with E-state index in [1.807, 2.05) is 25.1 Å². The summed E-state index contributed by atoms with van der Waals surface area (Å²) in [6, 6.07) is 16.8. The second-order valence-electron chi connectivity index (χ2n) is 6.65. The van der Waals surface area contributed by atoms with E-state index < -0.39 is 0 Å². The maximum absolute atomic E-state index is 12.5. The number of hydrogen-bond acceptors (Lipinski definition) is 3. The molecule has 0 spiro atoms. The number of benzene rings is 2. The van der Waals surface area contributed by atoms with Crippen LogP contribution in [0.3, 0.4) is 0 Å². The Morgan fingerprint density at radius 1 is 0.920 bits per heavy atom. The normalized spacial score (nSPS) is 13.3. The first-order valence-corrected chi connectivity index (χ1v) is 8.61. The van der Waals surface area contributed by atoms with Gasteiger partial charge in [-0.2, -0.15) is 0 Å². The lowest BCUT2D eigenvalue weighted by molar-refractivity contribution is -0.118. The first-order valence-electron chi connectivity index (χ1n) is 8.61. The Bertz CT molecular complexity index is 726. The van der Waals surface area contributed by atoms with Crippen LogP contribution in [0.4, 0.5) is 5.69 Å². The number of nitrogens with one attached hydrogen (secondary N) is 2. The van der Waals surface area contributed by atoms with E-state index in [-0.39, 0.29) is 23.8 Å². The molecule has 4 nitrogen and oxygen atoms in total. The molecule has 2 atom stereocenters. The fourth-order valence-corrected chi connectivity index (χ4v) is 2.75. The average molecular weight is 338 g/mol. The van der Waals surface area contributed by atoms with Crippen molar-refractivity contribution in [2.75, 3.05) is 5.32 Å². The maximum atomic E-state index is 12.5. The molecule has 2 aromatic carbocycles. The first kappa shape index (κ1) is 18.9. The molecule has 0 heterocycles. The number of carbonyl (C=O) groups excluding carboxylic acids is 2. The summed E-state index contributed by atoms with van der Waals surface area (Å²) in [7, 11) is 0. The third-order valence-electron chi connectivity index (χ3n) is 4.18. The van der Waals surface area contributed by atoms with Gasteiger partial charge in [0.25, 0.3) is 0 Å². The van der Waals surface area contributed by atoms with Gasteiger partial charge in [-0.05, 0) is 37.5 Å². The van der Waals surface area contributed by atoms with Crippen LogP contribution in [0.25, 0.3) is 0 Å². The highest BCUT2D eigenvalue weighted by Gasteiger charge is 2.21. The Morgan fingerprint density at radius 2 is 1.60 bits per heavy atom. The monoisotopic (exact) mass is 338 g/mol. The van der Waals surface area contributed by atoms with E-state index in [1.165, 1.54) is 6.92 Å². The van der Waals surface area contributed by atoms with Gasteiger partial charge in [-0.3, -0.25) is 14.9 Å². The van der Waals surface area contributed by atoms with Crippen LogP contribution in [0, 0.1) is 5.92 Å². The number of ketones is 1. The number of rotatable bonds is 7. The van der Waals surface area contributed by atoms with Crippen LogP contribution in [0.5, 0.6) is 0 Å². The minimum atomic E-state index is -0.367. The average Bonchev–Trinajstić information content (AvgIpc) is 2.60. The fraction of sp³-hybridized carbons (Fsp3) is 0.333. The lowest BCUT2D eigenvalue weighted by Crippen LogP contribution is -2.41. The van der Waals surface area contributed by atoms with E-state index in [1.54, 1.807) is 24.3 Å². The Kier molecular flexibility index (Phi) is 6.48. The van der Waals surface area contributed by atoms with Crippen LogP contribution < -0.4 is 10.6 Å². The zero-order chi connectivity index (χ0) is 18.4.